The summed E-state index contributed by atoms with van der Waals surface area (Å²) in [4.78, 5) is 11.1. The summed E-state index contributed by atoms with van der Waals surface area (Å²) in [7, 11) is 0. The Morgan fingerprint density at radius 2 is 2.42 bits per heavy atom. The van der Waals surface area contributed by atoms with Gasteiger partial charge in [-0.1, -0.05) is 13.5 Å². The Balaban J connectivity index is 2.15. The van der Waals surface area contributed by atoms with Crippen LogP contribution in [0, 0.1) is 0 Å². The molecule has 3 heteroatoms. The van der Waals surface area contributed by atoms with Crippen LogP contribution in [0.15, 0.2) is 12.2 Å². The van der Waals surface area contributed by atoms with Gasteiger partial charge in [0.15, 0.2) is 0 Å². The number of carbonyl (C=O) groups excluding carboxylic acids is 1. The highest BCUT2D eigenvalue weighted by Crippen LogP contribution is 2.18. The van der Waals surface area contributed by atoms with Gasteiger partial charge in [-0.25, -0.2) is 4.79 Å². The Bertz CT molecular complexity index is 182. The van der Waals surface area contributed by atoms with Crippen LogP contribution in [0.1, 0.15) is 19.8 Å². The van der Waals surface area contributed by atoms with E-state index in [2.05, 4.69) is 6.58 Å². The van der Waals surface area contributed by atoms with Gasteiger partial charge >= 0.3 is 5.97 Å². The lowest BCUT2D eigenvalue weighted by Gasteiger charge is -2.03. The molecule has 0 aromatic heterocycles. The molecule has 0 saturated carbocycles. The van der Waals surface area contributed by atoms with E-state index in [4.69, 9.17) is 9.47 Å². The lowest BCUT2D eigenvalue weighted by Crippen LogP contribution is -2.09. The summed E-state index contributed by atoms with van der Waals surface area (Å²) in [6.07, 6.45) is 1.67. The summed E-state index contributed by atoms with van der Waals surface area (Å²) in [5.74, 6) is -0.285. The molecule has 0 radical (unpaired) electrons. The molecule has 0 aromatic rings. The van der Waals surface area contributed by atoms with Crippen molar-refractivity contribution in [3.8, 4) is 0 Å². The molecule has 0 spiro atoms. The van der Waals surface area contributed by atoms with E-state index in [9.17, 15) is 4.79 Å². The SMILES string of the molecule is C=C(CC1CO1)C(=O)OCCC. The predicted octanol–water partition coefficient (Wildman–Crippen LogP) is 1.28. The van der Waals surface area contributed by atoms with E-state index in [-0.39, 0.29) is 12.1 Å². The van der Waals surface area contributed by atoms with E-state index >= 15 is 0 Å². The molecule has 1 unspecified atom stereocenters. The van der Waals surface area contributed by atoms with Gasteiger partial charge in [0.2, 0.25) is 0 Å². The van der Waals surface area contributed by atoms with Crippen molar-refractivity contribution in [3.05, 3.63) is 12.2 Å². The van der Waals surface area contributed by atoms with Gasteiger partial charge in [0.05, 0.1) is 19.3 Å². The summed E-state index contributed by atoms with van der Waals surface area (Å²) in [5.41, 5.74) is 0.519. The van der Waals surface area contributed by atoms with Crippen molar-refractivity contribution < 1.29 is 14.3 Å². The van der Waals surface area contributed by atoms with Crippen molar-refractivity contribution in [1.82, 2.24) is 0 Å². The third-order valence-corrected chi connectivity index (χ3v) is 1.60. The van der Waals surface area contributed by atoms with E-state index < -0.39 is 0 Å². The van der Waals surface area contributed by atoms with Gasteiger partial charge in [-0.2, -0.15) is 0 Å². The monoisotopic (exact) mass is 170 g/mol. The average molecular weight is 170 g/mol. The highest BCUT2D eigenvalue weighted by Gasteiger charge is 2.25. The van der Waals surface area contributed by atoms with Crippen molar-refractivity contribution >= 4 is 5.97 Å². The predicted molar refractivity (Wildman–Crippen MR) is 44.7 cm³/mol. The number of epoxide rings is 1. The number of carbonyl (C=O) groups is 1. The normalized spacial score (nSPS) is 20.2. The van der Waals surface area contributed by atoms with Gasteiger partial charge in [0, 0.05) is 12.0 Å². The van der Waals surface area contributed by atoms with Crippen LogP contribution >= 0.6 is 0 Å². The summed E-state index contributed by atoms with van der Waals surface area (Å²) >= 11 is 0. The highest BCUT2D eigenvalue weighted by molar-refractivity contribution is 5.87. The number of hydrogen-bond acceptors (Lipinski definition) is 3. The molecule has 1 fully saturated rings. The first-order chi connectivity index (χ1) is 5.74. The van der Waals surface area contributed by atoms with Gasteiger partial charge in [0.25, 0.3) is 0 Å². The van der Waals surface area contributed by atoms with Gasteiger partial charge in [0.1, 0.15) is 0 Å². The molecular weight excluding hydrogens is 156 g/mol. The molecule has 0 aliphatic carbocycles. The molecule has 3 nitrogen and oxygen atoms in total. The maximum atomic E-state index is 11.1. The summed E-state index contributed by atoms with van der Waals surface area (Å²) in [5, 5.41) is 0. The van der Waals surface area contributed by atoms with Crippen molar-refractivity contribution in [1.29, 1.82) is 0 Å². The largest absolute Gasteiger partial charge is 0.462 e. The van der Waals surface area contributed by atoms with Crippen molar-refractivity contribution in [2.24, 2.45) is 0 Å². The van der Waals surface area contributed by atoms with Gasteiger partial charge in [-0.05, 0) is 6.42 Å². The fourth-order valence-corrected chi connectivity index (χ4v) is 0.841. The third kappa shape index (κ3) is 3.05. The number of esters is 1. The van der Waals surface area contributed by atoms with Gasteiger partial charge in [-0.15, -0.1) is 0 Å². The minimum absolute atomic E-state index is 0.215. The van der Waals surface area contributed by atoms with E-state index in [1.807, 2.05) is 6.92 Å². The second-order valence-electron chi connectivity index (χ2n) is 2.90. The molecule has 0 aromatic carbocycles. The second kappa shape index (κ2) is 4.26. The molecule has 0 bridgehead atoms. The first kappa shape index (κ1) is 9.26. The van der Waals surface area contributed by atoms with Crippen LogP contribution in [0.2, 0.25) is 0 Å². The molecule has 1 saturated heterocycles. The minimum atomic E-state index is -0.285. The van der Waals surface area contributed by atoms with Crippen LogP contribution in [0.25, 0.3) is 0 Å². The second-order valence-corrected chi connectivity index (χ2v) is 2.90. The van der Waals surface area contributed by atoms with Crippen molar-refractivity contribution in [2.45, 2.75) is 25.9 Å². The molecule has 68 valence electrons. The van der Waals surface area contributed by atoms with Crippen LogP contribution in [-0.4, -0.2) is 25.3 Å². The Kier molecular flexibility index (Phi) is 3.29. The van der Waals surface area contributed by atoms with Crippen LogP contribution in [0.4, 0.5) is 0 Å². The molecule has 12 heavy (non-hydrogen) atoms. The zero-order chi connectivity index (χ0) is 8.97. The summed E-state index contributed by atoms with van der Waals surface area (Å²) in [6, 6.07) is 0. The summed E-state index contributed by atoms with van der Waals surface area (Å²) < 4.78 is 9.85. The zero-order valence-corrected chi connectivity index (χ0v) is 7.34. The van der Waals surface area contributed by atoms with Crippen LogP contribution < -0.4 is 0 Å². The molecule has 1 aliphatic rings. The van der Waals surface area contributed by atoms with Crippen LogP contribution in [0.5, 0.6) is 0 Å². The Morgan fingerprint density at radius 3 is 2.92 bits per heavy atom. The van der Waals surface area contributed by atoms with E-state index in [1.165, 1.54) is 0 Å². The average Bonchev–Trinajstić information content (AvgIpc) is 2.83. The van der Waals surface area contributed by atoms with Crippen molar-refractivity contribution in [2.75, 3.05) is 13.2 Å². The van der Waals surface area contributed by atoms with Crippen LogP contribution in [-0.2, 0) is 14.3 Å². The molecule has 1 heterocycles. The summed E-state index contributed by atoms with van der Waals surface area (Å²) in [6.45, 7) is 6.82. The first-order valence-electron chi connectivity index (χ1n) is 4.20. The third-order valence-electron chi connectivity index (χ3n) is 1.60. The van der Waals surface area contributed by atoms with E-state index in [0.29, 0.717) is 18.6 Å². The van der Waals surface area contributed by atoms with Crippen molar-refractivity contribution in [3.63, 3.8) is 0 Å². The molecule has 0 amide bonds. The Labute approximate surface area is 72.4 Å². The number of rotatable bonds is 5. The van der Waals surface area contributed by atoms with Gasteiger partial charge < -0.3 is 9.47 Å². The molecular formula is C9H14O3. The van der Waals surface area contributed by atoms with Crippen LogP contribution in [0.3, 0.4) is 0 Å². The number of ether oxygens (including phenoxy) is 2. The minimum Gasteiger partial charge on any atom is -0.462 e. The lowest BCUT2D eigenvalue weighted by atomic mass is 10.2. The quantitative estimate of drug-likeness (QED) is 0.354. The van der Waals surface area contributed by atoms with Gasteiger partial charge in [-0.3, -0.25) is 0 Å². The fraction of sp³-hybridized carbons (Fsp3) is 0.667. The highest BCUT2D eigenvalue weighted by atomic mass is 16.6. The van der Waals surface area contributed by atoms with E-state index in [0.717, 1.165) is 13.0 Å². The maximum Gasteiger partial charge on any atom is 0.333 e. The standard InChI is InChI=1S/C9H14O3/c1-3-4-11-9(10)7(2)5-8-6-12-8/h8H,2-6H2,1H3. The van der Waals surface area contributed by atoms with E-state index in [1.54, 1.807) is 0 Å². The topological polar surface area (TPSA) is 38.8 Å². The zero-order valence-electron chi connectivity index (χ0n) is 7.34. The smallest absolute Gasteiger partial charge is 0.333 e. The molecule has 1 aliphatic heterocycles. The Hall–Kier alpha value is -0.830. The first-order valence-corrected chi connectivity index (χ1v) is 4.20. The maximum absolute atomic E-state index is 11.1. The Morgan fingerprint density at radius 1 is 1.75 bits per heavy atom. The molecule has 1 atom stereocenters. The lowest BCUT2D eigenvalue weighted by molar-refractivity contribution is -0.139. The molecule has 1 rings (SSSR count). The fourth-order valence-electron chi connectivity index (χ4n) is 0.841. The molecule has 0 N–H and O–H groups in total. The number of hydrogen-bond donors (Lipinski definition) is 0.